The Balaban J connectivity index is 1.99. The molecular weight excluding hydrogens is 306 g/mol. The van der Waals surface area contributed by atoms with Gasteiger partial charge >= 0.3 is 5.97 Å². The Kier molecular flexibility index (Phi) is 5.52. The number of likely N-dealkylation sites (tertiary alicyclic amines) is 1. The van der Waals surface area contributed by atoms with E-state index in [0.717, 1.165) is 17.5 Å². The van der Waals surface area contributed by atoms with Crippen LogP contribution in [0.2, 0.25) is 0 Å². The third-order valence-electron chi connectivity index (χ3n) is 3.91. The summed E-state index contributed by atoms with van der Waals surface area (Å²) in [5, 5.41) is 0. The minimum Gasteiger partial charge on any atom is -0.483 e. The summed E-state index contributed by atoms with van der Waals surface area (Å²) in [5.41, 5.74) is 1.32. The topological polar surface area (TPSA) is 55.8 Å². The van der Waals surface area contributed by atoms with Gasteiger partial charge in [0, 0.05) is 6.54 Å². The zero-order chi connectivity index (χ0) is 17.9. The number of ether oxygens (including phenoxy) is 2. The Morgan fingerprint density at radius 3 is 2.46 bits per heavy atom. The molecule has 0 N–H and O–H groups in total. The first kappa shape index (κ1) is 18.3. The number of aryl methyl sites for hydroxylation is 2. The van der Waals surface area contributed by atoms with Crippen molar-refractivity contribution < 1.29 is 19.1 Å². The standard InChI is InChI=1S/C19H26NO4/c1-13-8-6-9-14(2)17(13)23-12-16(21)20-11-7-10-15(20)18(22)24-19(3,4)5/h8-9,15H,7,10-12H2,1-5H3/t15-/m0/s1. The van der Waals surface area contributed by atoms with E-state index in [0.29, 0.717) is 18.7 Å². The lowest BCUT2D eigenvalue weighted by molar-refractivity contribution is -0.163. The van der Waals surface area contributed by atoms with Crippen LogP contribution >= 0.6 is 0 Å². The van der Waals surface area contributed by atoms with Gasteiger partial charge in [0.15, 0.2) is 6.61 Å². The molecule has 0 saturated carbocycles. The largest absolute Gasteiger partial charge is 0.483 e. The fourth-order valence-corrected chi connectivity index (χ4v) is 2.86. The first-order chi connectivity index (χ1) is 11.2. The molecule has 5 heteroatoms. The van der Waals surface area contributed by atoms with Crippen LogP contribution in [0.3, 0.4) is 0 Å². The molecule has 1 amide bonds. The smallest absolute Gasteiger partial charge is 0.329 e. The van der Waals surface area contributed by atoms with Crippen LogP contribution in [0.1, 0.15) is 44.7 Å². The number of amides is 1. The summed E-state index contributed by atoms with van der Waals surface area (Å²) in [6, 6.07) is 6.16. The highest BCUT2D eigenvalue weighted by Crippen LogP contribution is 2.24. The summed E-state index contributed by atoms with van der Waals surface area (Å²) in [6.07, 6.45) is 1.44. The summed E-state index contributed by atoms with van der Waals surface area (Å²) >= 11 is 0. The third kappa shape index (κ3) is 4.49. The molecule has 24 heavy (non-hydrogen) atoms. The van der Waals surface area contributed by atoms with Crippen molar-refractivity contribution in [1.29, 1.82) is 0 Å². The van der Waals surface area contributed by atoms with Crippen molar-refractivity contribution in [3.8, 4) is 5.75 Å². The van der Waals surface area contributed by atoms with Crippen molar-refractivity contribution in [3.63, 3.8) is 0 Å². The van der Waals surface area contributed by atoms with E-state index in [1.54, 1.807) is 4.90 Å². The van der Waals surface area contributed by atoms with E-state index in [-0.39, 0.29) is 18.5 Å². The Bertz CT molecular complexity index is 598. The van der Waals surface area contributed by atoms with Gasteiger partial charge in [0.2, 0.25) is 0 Å². The van der Waals surface area contributed by atoms with Gasteiger partial charge in [0.1, 0.15) is 17.4 Å². The van der Waals surface area contributed by atoms with Crippen LogP contribution in [-0.2, 0) is 14.3 Å². The van der Waals surface area contributed by atoms with Gasteiger partial charge in [-0.15, -0.1) is 0 Å². The molecule has 1 radical (unpaired) electrons. The van der Waals surface area contributed by atoms with Crippen LogP contribution in [0.5, 0.6) is 5.75 Å². The Hall–Kier alpha value is -2.04. The molecule has 5 nitrogen and oxygen atoms in total. The van der Waals surface area contributed by atoms with Crippen LogP contribution in [0.25, 0.3) is 0 Å². The van der Waals surface area contributed by atoms with Crippen molar-refractivity contribution >= 4 is 11.9 Å². The van der Waals surface area contributed by atoms with Crippen LogP contribution < -0.4 is 4.74 Å². The van der Waals surface area contributed by atoms with Crippen LogP contribution in [0.4, 0.5) is 0 Å². The van der Waals surface area contributed by atoms with E-state index >= 15 is 0 Å². The zero-order valence-corrected chi connectivity index (χ0v) is 15.1. The van der Waals surface area contributed by atoms with Crippen molar-refractivity contribution in [3.05, 3.63) is 29.3 Å². The van der Waals surface area contributed by atoms with E-state index in [4.69, 9.17) is 9.47 Å². The predicted molar refractivity (Wildman–Crippen MR) is 90.8 cm³/mol. The third-order valence-corrected chi connectivity index (χ3v) is 3.91. The van der Waals surface area contributed by atoms with Crippen LogP contribution in [0, 0.1) is 19.9 Å². The second kappa shape index (κ2) is 7.24. The molecule has 1 aliphatic heterocycles. The predicted octanol–water partition coefficient (Wildman–Crippen LogP) is 2.82. The molecule has 0 bridgehead atoms. The number of carbonyl (C=O) groups is 2. The highest BCUT2D eigenvalue weighted by molar-refractivity contribution is 5.86. The summed E-state index contributed by atoms with van der Waals surface area (Å²) in [5.74, 6) is 0.181. The van der Waals surface area contributed by atoms with Gasteiger partial charge in [0.25, 0.3) is 5.91 Å². The molecule has 1 fully saturated rings. The number of esters is 1. The maximum atomic E-state index is 12.5. The minimum atomic E-state index is -0.556. The van der Waals surface area contributed by atoms with Crippen molar-refractivity contribution in [2.45, 2.75) is 59.1 Å². The Morgan fingerprint density at radius 2 is 1.88 bits per heavy atom. The lowest BCUT2D eigenvalue weighted by Crippen LogP contribution is -2.45. The maximum absolute atomic E-state index is 12.5. The van der Waals surface area contributed by atoms with E-state index in [1.165, 1.54) is 0 Å². The molecule has 0 aromatic heterocycles. The van der Waals surface area contributed by atoms with E-state index in [2.05, 4.69) is 6.07 Å². The van der Waals surface area contributed by atoms with Crippen LogP contribution in [0.15, 0.2) is 12.1 Å². The van der Waals surface area contributed by atoms with Gasteiger partial charge < -0.3 is 14.4 Å². The van der Waals surface area contributed by atoms with Gasteiger partial charge in [-0.2, -0.15) is 0 Å². The highest BCUT2D eigenvalue weighted by atomic mass is 16.6. The normalized spacial score (nSPS) is 17.7. The molecule has 0 unspecified atom stereocenters. The lowest BCUT2D eigenvalue weighted by Gasteiger charge is -2.27. The number of rotatable bonds is 4. The van der Waals surface area contributed by atoms with Gasteiger partial charge in [-0.1, -0.05) is 0 Å². The molecular formula is C19H26NO4. The Morgan fingerprint density at radius 1 is 1.25 bits per heavy atom. The number of hydrogen-bond acceptors (Lipinski definition) is 4. The minimum absolute atomic E-state index is 0.0784. The maximum Gasteiger partial charge on any atom is 0.329 e. The van der Waals surface area contributed by atoms with Crippen LogP contribution in [-0.4, -0.2) is 41.6 Å². The zero-order valence-electron chi connectivity index (χ0n) is 15.1. The van der Waals surface area contributed by atoms with Crippen molar-refractivity contribution in [2.75, 3.05) is 13.2 Å². The molecule has 1 saturated heterocycles. The molecule has 131 valence electrons. The average molecular weight is 332 g/mol. The average Bonchev–Trinajstić information content (AvgIpc) is 2.94. The first-order valence-corrected chi connectivity index (χ1v) is 8.31. The van der Waals surface area contributed by atoms with Crippen molar-refractivity contribution in [1.82, 2.24) is 4.90 Å². The van der Waals surface area contributed by atoms with Gasteiger partial charge in [-0.3, -0.25) is 4.79 Å². The monoisotopic (exact) mass is 332 g/mol. The van der Waals surface area contributed by atoms with Gasteiger partial charge in [-0.25, -0.2) is 4.79 Å². The fraction of sp³-hybridized carbons (Fsp3) is 0.579. The molecule has 1 aromatic carbocycles. The molecule has 1 aliphatic rings. The number of benzene rings is 1. The van der Waals surface area contributed by atoms with Gasteiger partial charge in [0.05, 0.1) is 0 Å². The molecule has 1 heterocycles. The number of nitrogens with zero attached hydrogens (tertiary/aromatic N) is 1. The Labute approximate surface area is 143 Å². The van der Waals surface area contributed by atoms with E-state index in [1.807, 2.05) is 46.8 Å². The highest BCUT2D eigenvalue weighted by Gasteiger charge is 2.37. The number of hydrogen-bond donors (Lipinski definition) is 0. The van der Waals surface area contributed by atoms with E-state index < -0.39 is 11.6 Å². The summed E-state index contributed by atoms with van der Waals surface area (Å²) in [6.45, 7) is 9.80. The number of carbonyl (C=O) groups excluding carboxylic acids is 2. The molecule has 0 aliphatic carbocycles. The quantitative estimate of drug-likeness (QED) is 0.796. The molecule has 1 aromatic rings. The molecule has 1 atom stereocenters. The van der Waals surface area contributed by atoms with Gasteiger partial charge in [-0.05, 0) is 76.8 Å². The summed E-state index contributed by atoms with van der Waals surface area (Å²) in [7, 11) is 0. The molecule has 0 spiro atoms. The fourth-order valence-electron chi connectivity index (χ4n) is 2.86. The van der Waals surface area contributed by atoms with Crippen molar-refractivity contribution in [2.24, 2.45) is 0 Å². The second-order valence-electron chi connectivity index (χ2n) is 7.22. The second-order valence-corrected chi connectivity index (χ2v) is 7.22. The summed E-state index contributed by atoms with van der Waals surface area (Å²) < 4.78 is 11.1. The van der Waals surface area contributed by atoms with E-state index in [9.17, 15) is 9.59 Å². The SMILES string of the molecule is Cc1c[c]cc(C)c1OCC(=O)N1CCC[C@H]1C(=O)OC(C)(C)C. The molecule has 2 rings (SSSR count). The lowest BCUT2D eigenvalue weighted by atomic mass is 10.1. The summed E-state index contributed by atoms with van der Waals surface area (Å²) in [4.78, 5) is 26.4. The first-order valence-electron chi connectivity index (χ1n) is 8.31.